The molecule has 19 heavy (non-hydrogen) atoms. The van der Waals surface area contributed by atoms with E-state index in [9.17, 15) is 4.79 Å². The van der Waals surface area contributed by atoms with Crippen LogP contribution in [0.5, 0.6) is 0 Å². The number of carbonyl (C=O) groups excluding carboxylic acids is 1. The molecule has 0 atom stereocenters. The van der Waals surface area contributed by atoms with E-state index in [1.54, 1.807) is 11.1 Å². The Kier molecular flexibility index (Phi) is 3.17. The van der Waals surface area contributed by atoms with E-state index < -0.39 is 0 Å². The van der Waals surface area contributed by atoms with Crippen LogP contribution in [0.15, 0.2) is 36.5 Å². The van der Waals surface area contributed by atoms with Gasteiger partial charge in [0.1, 0.15) is 0 Å². The Balaban J connectivity index is 1.91. The lowest BCUT2D eigenvalue weighted by molar-refractivity contribution is 0.0708. The molecule has 1 aliphatic rings. The van der Waals surface area contributed by atoms with E-state index in [1.165, 1.54) is 0 Å². The van der Waals surface area contributed by atoms with Crippen LogP contribution in [0.4, 0.5) is 0 Å². The number of benzene rings is 1. The second-order valence-electron chi connectivity index (χ2n) is 4.86. The first-order valence-corrected chi connectivity index (χ1v) is 6.56. The van der Waals surface area contributed by atoms with Crippen LogP contribution in [-0.2, 0) is 0 Å². The molecular formula is C15H16N2O2. The zero-order valence-corrected chi connectivity index (χ0v) is 10.6. The first-order valence-electron chi connectivity index (χ1n) is 6.56. The summed E-state index contributed by atoms with van der Waals surface area (Å²) < 4.78 is 0. The van der Waals surface area contributed by atoms with Crippen LogP contribution in [0.2, 0.25) is 0 Å². The van der Waals surface area contributed by atoms with Crippen LogP contribution in [-0.4, -0.2) is 40.1 Å². The number of aromatic nitrogens is 1. The summed E-state index contributed by atoms with van der Waals surface area (Å²) in [7, 11) is 0. The van der Waals surface area contributed by atoms with Crippen LogP contribution in [0.25, 0.3) is 10.9 Å². The lowest BCUT2D eigenvalue weighted by atomic mass is 10.1. The Labute approximate surface area is 111 Å². The van der Waals surface area contributed by atoms with Gasteiger partial charge in [0.15, 0.2) is 0 Å². The number of hydrogen-bond donors (Lipinski definition) is 1. The molecule has 0 bridgehead atoms. The minimum atomic E-state index is 0.00213. The molecule has 3 rings (SSSR count). The molecule has 0 spiro atoms. The molecule has 4 heteroatoms. The van der Waals surface area contributed by atoms with E-state index in [0.29, 0.717) is 18.2 Å². The summed E-state index contributed by atoms with van der Waals surface area (Å²) >= 11 is 0. The van der Waals surface area contributed by atoms with Gasteiger partial charge in [0.05, 0.1) is 12.1 Å². The van der Waals surface area contributed by atoms with E-state index in [1.807, 2.05) is 30.3 Å². The Hall–Kier alpha value is -1.94. The summed E-state index contributed by atoms with van der Waals surface area (Å²) in [5.41, 5.74) is 1.56. The van der Waals surface area contributed by atoms with Gasteiger partial charge in [-0.05, 0) is 37.1 Å². The summed E-state index contributed by atoms with van der Waals surface area (Å²) in [6, 6.07) is 9.67. The maximum atomic E-state index is 12.5. The predicted octanol–water partition coefficient (Wildman–Crippen LogP) is 1.83. The standard InChI is InChI=1S/C15H16N2O2/c18-9-8-17(13-4-5-13)15(19)12-3-6-14-11(10-12)2-1-7-16-14/h1-3,6-7,10,13,18H,4-5,8-9H2. The average molecular weight is 256 g/mol. The van der Waals surface area contributed by atoms with E-state index in [2.05, 4.69) is 4.98 Å². The topological polar surface area (TPSA) is 53.4 Å². The third-order valence-corrected chi connectivity index (χ3v) is 3.44. The van der Waals surface area contributed by atoms with Crippen molar-refractivity contribution in [2.24, 2.45) is 0 Å². The van der Waals surface area contributed by atoms with Crippen LogP contribution in [0.3, 0.4) is 0 Å². The van der Waals surface area contributed by atoms with Crippen molar-refractivity contribution in [2.45, 2.75) is 18.9 Å². The number of aliphatic hydroxyl groups is 1. The molecule has 1 N–H and O–H groups in total. The van der Waals surface area contributed by atoms with Gasteiger partial charge in [0, 0.05) is 29.7 Å². The van der Waals surface area contributed by atoms with Gasteiger partial charge in [0.2, 0.25) is 0 Å². The smallest absolute Gasteiger partial charge is 0.254 e. The van der Waals surface area contributed by atoms with Gasteiger partial charge < -0.3 is 10.0 Å². The third-order valence-electron chi connectivity index (χ3n) is 3.44. The molecule has 2 aromatic rings. The summed E-state index contributed by atoms with van der Waals surface area (Å²) in [4.78, 5) is 18.5. The zero-order chi connectivity index (χ0) is 13.2. The highest BCUT2D eigenvalue weighted by Crippen LogP contribution is 2.28. The lowest BCUT2D eigenvalue weighted by Gasteiger charge is -2.21. The van der Waals surface area contributed by atoms with Crippen LogP contribution in [0, 0.1) is 0 Å². The summed E-state index contributed by atoms with van der Waals surface area (Å²) in [5, 5.41) is 10.0. The number of hydrogen-bond acceptors (Lipinski definition) is 3. The van der Waals surface area contributed by atoms with Gasteiger partial charge in [-0.15, -0.1) is 0 Å². The van der Waals surface area contributed by atoms with Gasteiger partial charge >= 0.3 is 0 Å². The molecular weight excluding hydrogens is 240 g/mol. The molecule has 0 unspecified atom stereocenters. The zero-order valence-electron chi connectivity index (χ0n) is 10.6. The minimum absolute atomic E-state index is 0.00213. The molecule has 1 aromatic heterocycles. The molecule has 98 valence electrons. The number of amides is 1. The predicted molar refractivity (Wildman–Crippen MR) is 72.9 cm³/mol. The fourth-order valence-electron chi connectivity index (χ4n) is 2.32. The molecule has 1 saturated carbocycles. The Morgan fingerprint density at radius 2 is 2.21 bits per heavy atom. The van der Waals surface area contributed by atoms with Crippen LogP contribution in [0.1, 0.15) is 23.2 Å². The molecule has 1 aliphatic carbocycles. The number of fused-ring (bicyclic) bond motifs is 1. The van der Waals surface area contributed by atoms with Crippen molar-refractivity contribution >= 4 is 16.8 Å². The van der Waals surface area contributed by atoms with Crippen molar-refractivity contribution in [1.29, 1.82) is 0 Å². The Bertz CT molecular complexity index is 608. The van der Waals surface area contributed by atoms with E-state index >= 15 is 0 Å². The highest BCUT2D eigenvalue weighted by atomic mass is 16.3. The molecule has 1 aromatic carbocycles. The fourth-order valence-corrected chi connectivity index (χ4v) is 2.32. The van der Waals surface area contributed by atoms with Gasteiger partial charge in [0.25, 0.3) is 5.91 Å². The monoisotopic (exact) mass is 256 g/mol. The van der Waals surface area contributed by atoms with Crippen molar-refractivity contribution in [3.63, 3.8) is 0 Å². The third kappa shape index (κ3) is 2.44. The molecule has 1 heterocycles. The number of pyridine rings is 1. The summed E-state index contributed by atoms with van der Waals surface area (Å²) in [6.45, 7) is 0.423. The van der Waals surface area contributed by atoms with E-state index in [0.717, 1.165) is 23.7 Å². The van der Waals surface area contributed by atoms with Crippen molar-refractivity contribution < 1.29 is 9.90 Å². The number of aliphatic hydroxyl groups excluding tert-OH is 1. The first kappa shape index (κ1) is 12.1. The average Bonchev–Trinajstić information content (AvgIpc) is 3.28. The minimum Gasteiger partial charge on any atom is -0.395 e. The largest absolute Gasteiger partial charge is 0.395 e. The summed E-state index contributed by atoms with van der Waals surface area (Å²) in [6.07, 6.45) is 3.83. The number of nitrogens with zero attached hydrogens (tertiary/aromatic N) is 2. The second-order valence-corrected chi connectivity index (χ2v) is 4.86. The first-order chi connectivity index (χ1) is 9.29. The number of carbonyl (C=O) groups is 1. The van der Waals surface area contributed by atoms with Crippen molar-refractivity contribution in [1.82, 2.24) is 9.88 Å². The van der Waals surface area contributed by atoms with E-state index in [4.69, 9.17) is 5.11 Å². The molecule has 0 saturated heterocycles. The lowest BCUT2D eigenvalue weighted by Crippen LogP contribution is -2.35. The molecule has 4 nitrogen and oxygen atoms in total. The molecule has 1 fully saturated rings. The Morgan fingerprint density at radius 3 is 2.95 bits per heavy atom. The maximum absolute atomic E-state index is 12.5. The molecule has 1 amide bonds. The quantitative estimate of drug-likeness (QED) is 0.908. The SMILES string of the molecule is O=C(c1ccc2ncccc2c1)N(CCO)C1CC1. The number of rotatable bonds is 4. The molecule has 0 aliphatic heterocycles. The Morgan fingerprint density at radius 1 is 1.37 bits per heavy atom. The van der Waals surface area contributed by atoms with Crippen LogP contribution >= 0.6 is 0 Å². The second kappa shape index (κ2) is 4.97. The maximum Gasteiger partial charge on any atom is 0.254 e. The van der Waals surface area contributed by atoms with Crippen molar-refractivity contribution in [3.05, 3.63) is 42.1 Å². The summed E-state index contributed by atoms with van der Waals surface area (Å²) in [5.74, 6) is 0.00213. The van der Waals surface area contributed by atoms with Crippen molar-refractivity contribution in [3.8, 4) is 0 Å². The van der Waals surface area contributed by atoms with Gasteiger partial charge in [-0.3, -0.25) is 9.78 Å². The van der Waals surface area contributed by atoms with Gasteiger partial charge in [-0.25, -0.2) is 0 Å². The van der Waals surface area contributed by atoms with Gasteiger partial charge in [-0.1, -0.05) is 6.07 Å². The van der Waals surface area contributed by atoms with Crippen LogP contribution < -0.4 is 0 Å². The highest BCUT2D eigenvalue weighted by molar-refractivity contribution is 5.98. The van der Waals surface area contributed by atoms with Crippen molar-refractivity contribution in [2.75, 3.05) is 13.2 Å². The van der Waals surface area contributed by atoms with E-state index in [-0.39, 0.29) is 12.5 Å². The normalized spacial score (nSPS) is 14.6. The highest BCUT2D eigenvalue weighted by Gasteiger charge is 2.32. The van der Waals surface area contributed by atoms with Gasteiger partial charge in [-0.2, -0.15) is 0 Å². The molecule has 0 radical (unpaired) electrons. The fraction of sp³-hybridized carbons (Fsp3) is 0.333.